The van der Waals surface area contributed by atoms with Gasteiger partial charge in [-0.05, 0) is 25.2 Å². The molecule has 9 heteroatoms. The van der Waals surface area contributed by atoms with Crippen molar-refractivity contribution in [1.29, 1.82) is 0 Å². The largest absolute Gasteiger partial charge is 0.490 e. The van der Waals surface area contributed by atoms with Gasteiger partial charge in [0.15, 0.2) is 23.2 Å². The molecule has 0 aliphatic heterocycles. The molecule has 0 radical (unpaired) electrons. The highest BCUT2D eigenvalue weighted by atomic mass is 35.5. The van der Waals surface area contributed by atoms with Gasteiger partial charge in [-0.25, -0.2) is 4.79 Å². The zero-order chi connectivity index (χ0) is 15.8. The summed E-state index contributed by atoms with van der Waals surface area (Å²) < 4.78 is 10.5. The maximum Gasteiger partial charge on any atom is 0.341 e. The highest BCUT2D eigenvalue weighted by Crippen LogP contribution is 2.33. The molecular weight excluding hydrogens is 318 g/mol. The van der Waals surface area contributed by atoms with Crippen LogP contribution in [0.2, 0.25) is 5.02 Å². The highest BCUT2D eigenvalue weighted by molar-refractivity contribution is 7.80. The van der Waals surface area contributed by atoms with Gasteiger partial charge in [0.25, 0.3) is 0 Å². The first-order chi connectivity index (χ1) is 9.93. The molecule has 1 aromatic rings. The molecule has 0 atom stereocenters. The van der Waals surface area contributed by atoms with Crippen LogP contribution in [0.4, 0.5) is 0 Å². The number of hydrazone groups is 1. The second kappa shape index (κ2) is 8.28. The Bertz CT molecular complexity index is 566. The molecular formula is C12H14ClN3O4S. The number of hydrogen-bond acceptors (Lipinski definition) is 5. The Balaban J connectivity index is 3.01. The van der Waals surface area contributed by atoms with Gasteiger partial charge in [0.2, 0.25) is 0 Å². The molecule has 0 spiro atoms. The second-order valence-corrected chi connectivity index (χ2v) is 4.52. The normalized spacial score (nSPS) is 10.4. The van der Waals surface area contributed by atoms with Crippen LogP contribution in [0, 0.1) is 0 Å². The predicted molar refractivity (Wildman–Crippen MR) is 83.3 cm³/mol. The number of ether oxygens (including phenoxy) is 2. The number of aliphatic carboxylic acids is 1. The van der Waals surface area contributed by atoms with Gasteiger partial charge in [0, 0.05) is 11.6 Å². The quantitative estimate of drug-likeness (QED) is 0.393. The monoisotopic (exact) mass is 331 g/mol. The molecule has 0 aromatic heterocycles. The van der Waals surface area contributed by atoms with E-state index in [2.05, 4.69) is 22.7 Å². The van der Waals surface area contributed by atoms with Crippen LogP contribution in [0.5, 0.6) is 11.5 Å². The van der Waals surface area contributed by atoms with Crippen LogP contribution in [0.1, 0.15) is 12.5 Å². The number of rotatable bonds is 7. The fourth-order valence-corrected chi connectivity index (χ4v) is 1.59. The third-order valence-electron chi connectivity index (χ3n) is 2.09. The number of hydrogen-bond donors (Lipinski definition) is 3. The zero-order valence-electron chi connectivity index (χ0n) is 11.1. The van der Waals surface area contributed by atoms with Crippen LogP contribution in [0.3, 0.4) is 0 Å². The number of halogens is 1. The number of thiocarbonyl (C=S) groups is 1. The topological polar surface area (TPSA) is 106 Å². The first-order valence-corrected chi connectivity index (χ1v) is 6.62. The molecule has 0 aliphatic rings. The first-order valence-electron chi connectivity index (χ1n) is 5.83. The van der Waals surface area contributed by atoms with Crippen molar-refractivity contribution in [2.45, 2.75) is 6.92 Å². The van der Waals surface area contributed by atoms with Crippen LogP contribution in [0.25, 0.3) is 0 Å². The number of benzene rings is 1. The molecule has 0 heterocycles. The lowest BCUT2D eigenvalue weighted by molar-refractivity contribution is -0.139. The Morgan fingerprint density at radius 1 is 1.52 bits per heavy atom. The van der Waals surface area contributed by atoms with Gasteiger partial charge in [0.1, 0.15) is 0 Å². The van der Waals surface area contributed by atoms with Gasteiger partial charge in [0.05, 0.1) is 17.8 Å². The van der Waals surface area contributed by atoms with E-state index in [0.29, 0.717) is 22.9 Å². The highest BCUT2D eigenvalue weighted by Gasteiger charge is 2.11. The Kier molecular flexibility index (Phi) is 6.70. The molecule has 0 unspecified atom stereocenters. The van der Waals surface area contributed by atoms with Crippen molar-refractivity contribution < 1.29 is 19.4 Å². The predicted octanol–water partition coefficient (Wildman–Crippen LogP) is 1.37. The lowest BCUT2D eigenvalue weighted by Crippen LogP contribution is -2.24. The molecule has 21 heavy (non-hydrogen) atoms. The van der Waals surface area contributed by atoms with E-state index in [1.54, 1.807) is 13.0 Å². The van der Waals surface area contributed by atoms with Crippen molar-refractivity contribution in [2.75, 3.05) is 13.2 Å². The lowest BCUT2D eigenvalue weighted by atomic mass is 10.2. The summed E-state index contributed by atoms with van der Waals surface area (Å²) in [4.78, 5) is 10.5. The summed E-state index contributed by atoms with van der Waals surface area (Å²) in [6.07, 6.45) is 1.41. The van der Waals surface area contributed by atoms with E-state index >= 15 is 0 Å². The fraction of sp³-hybridized carbons (Fsp3) is 0.250. The maximum absolute atomic E-state index is 10.5. The average Bonchev–Trinajstić information content (AvgIpc) is 2.40. The van der Waals surface area contributed by atoms with Crippen molar-refractivity contribution in [3.05, 3.63) is 22.7 Å². The minimum Gasteiger partial charge on any atom is -0.490 e. The van der Waals surface area contributed by atoms with Gasteiger partial charge in [-0.1, -0.05) is 11.6 Å². The maximum atomic E-state index is 10.5. The standard InChI is InChI=1S/C12H14ClN3O4S/c1-2-19-9-3-7(5-15-16-12(14)21)8(13)4-10(9)20-6-11(17)18/h3-5H,2,6H2,1H3,(H,17,18)(H3,14,16,21). The van der Waals surface area contributed by atoms with Gasteiger partial charge in [-0.15, -0.1) is 0 Å². The van der Waals surface area contributed by atoms with Gasteiger partial charge in [-0.2, -0.15) is 5.10 Å². The van der Waals surface area contributed by atoms with E-state index in [9.17, 15) is 4.79 Å². The smallest absolute Gasteiger partial charge is 0.341 e. The van der Waals surface area contributed by atoms with Crippen LogP contribution < -0.4 is 20.6 Å². The molecule has 7 nitrogen and oxygen atoms in total. The molecule has 0 saturated carbocycles. The molecule has 0 bridgehead atoms. The first kappa shape index (κ1) is 17.0. The molecule has 0 fully saturated rings. The minimum atomic E-state index is -1.10. The molecule has 0 aliphatic carbocycles. The summed E-state index contributed by atoms with van der Waals surface area (Å²) >= 11 is 10.7. The van der Waals surface area contributed by atoms with E-state index in [-0.39, 0.29) is 10.9 Å². The number of carboxylic acid groups (broad SMARTS) is 1. The average molecular weight is 332 g/mol. The molecule has 114 valence electrons. The lowest BCUT2D eigenvalue weighted by Gasteiger charge is -2.12. The van der Waals surface area contributed by atoms with Crippen molar-refractivity contribution in [3.63, 3.8) is 0 Å². The number of carbonyl (C=O) groups is 1. The molecule has 0 saturated heterocycles. The van der Waals surface area contributed by atoms with Gasteiger partial charge in [-0.3, -0.25) is 5.43 Å². The van der Waals surface area contributed by atoms with Crippen LogP contribution >= 0.6 is 23.8 Å². The fourth-order valence-electron chi connectivity index (χ4n) is 1.34. The Morgan fingerprint density at radius 3 is 2.76 bits per heavy atom. The van der Waals surface area contributed by atoms with Crippen molar-refractivity contribution in [1.82, 2.24) is 5.43 Å². The summed E-state index contributed by atoms with van der Waals surface area (Å²) in [6, 6.07) is 3.03. The van der Waals surface area contributed by atoms with E-state index in [0.717, 1.165) is 0 Å². The van der Waals surface area contributed by atoms with Crippen LogP contribution in [-0.4, -0.2) is 35.6 Å². The summed E-state index contributed by atoms with van der Waals surface area (Å²) in [5.41, 5.74) is 8.17. The third-order valence-corrected chi connectivity index (χ3v) is 2.51. The molecule has 1 aromatic carbocycles. The number of nitrogens with two attached hydrogens (primary N) is 1. The van der Waals surface area contributed by atoms with E-state index in [1.165, 1.54) is 12.3 Å². The van der Waals surface area contributed by atoms with Crippen molar-refractivity contribution >= 4 is 41.1 Å². The second-order valence-electron chi connectivity index (χ2n) is 3.67. The van der Waals surface area contributed by atoms with Crippen molar-refractivity contribution in [2.24, 2.45) is 10.8 Å². The summed E-state index contributed by atoms with van der Waals surface area (Å²) in [6.45, 7) is 1.68. The SMILES string of the molecule is CCOc1cc(C=NNC(N)=S)c(Cl)cc1OCC(=O)O. The zero-order valence-corrected chi connectivity index (χ0v) is 12.7. The Morgan fingerprint density at radius 2 is 2.19 bits per heavy atom. The minimum absolute atomic E-state index is 0.0221. The molecule has 1 rings (SSSR count). The summed E-state index contributed by atoms with van der Waals surface area (Å²) in [5, 5.41) is 12.8. The summed E-state index contributed by atoms with van der Waals surface area (Å²) in [5.74, 6) is -0.497. The van der Waals surface area contributed by atoms with Gasteiger partial charge < -0.3 is 20.3 Å². The van der Waals surface area contributed by atoms with E-state index in [1.807, 2.05) is 0 Å². The molecule has 0 amide bonds. The van der Waals surface area contributed by atoms with Crippen molar-refractivity contribution in [3.8, 4) is 11.5 Å². The number of nitrogens with zero attached hydrogens (tertiary/aromatic N) is 1. The van der Waals surface area contributed by atoms with Gasteiger partial charge >= 0.3 is 5.97 Å². The number of carboxylic acids is 1. The van der Waals surface area contributed by atoms with E-state index in [4.69, 9.17) is 31.9 Å². The van der Waals surface area contributed by atoms with E-state index < -0.39 is 12.6 Å². The third kappa shape index (κ3) is 5.84. The Hall–Kier alpha value is -2.06. The number of nitrogens with one attached hydrogen (secondary N) is 1. The van der Waals surface area contributed by atoms with Crippen LogP contribution in [-0.2, 0) is 4.79 Å². The summed E-state index contributed by atoms with van der Waals surface area (Å²) in [7, 11) is 0. The molecule has 4 N–H and O–H groups in total. The Labute approximate surface area is 131 Å². The van der Waals surface area contributed by atoms with Crippen LogP contribution in [0.15, 0.2) is 17.2 Å².